The fraction of sp³-hybridized carbons (Fsp3) is 0.556. The smallest absolute Gasteiger partial charge is 0.153 e. The minimum atomic E-state index is -0.520. The van der Waals surface area contributed by atoms with Crippen LogP contribution >= 0.6 is 46.4 Å². The zero-order chi connectivity index (χ0) is 22.0. The summed E-state index contributed by atoms with van der Waals surface area (Å²) in [6, 6.07) is 0. The Bertz CT molecular complexity index is 859. The molecule has 168 valence electrons. The Morgan fingerprint density at radius 2 is 1.10 bits per heavy atom. The minimum absolute atomic E-state index is 0.165. The zero-order valence-electron chi connectivity index (χ0n) is 16.7. The number of nitrogens with one attached hydrogen (secondary N) is 2. The van der Waals surface area contributed by atoms with Gasteiger partial charge in [0.2, 0.25) is 0 Å². The molecule has 2 aromatic rings. The summed E-state index contributed by atoms with van der Waals surface area (Å²) in [5.41, 5.74) is 6.11. The molecule has 0 amide bonds. The van der Waals surface area contributed by atoms with Crippen molar-refractivity contribution in [2.24, 2.45) is 5.73 Å². The normalized spacial score (nSPS) is 17.5. The number of hydrogen-bond acceptors (Lipinski definition) is 9. The Hall–Kier alpha value is -1.20. The quantitative estimate of drug-likeness (QED) is 0.523. The number of aromatic nitrogens is 4. The highest BCUT2D eigenvalue weighted by Gasteiger charge is 2.28. The van der Waals surface area contributed by atoms with E-state index in [9.17, 15) is 0 Å². The molecule has 13 heteroatoms. The standard InChI is InChI=1S/C18H23Cl4N9/c19-11-13(21)26-15(28-17(11)30-5-1-24-2-6-30)10(9-23)16-27-14(22)12(20)18(29-16)31-7-3-25-4-8-31/h10,24-25H,1-9,23H2. The maximum absolute atomic E-state index is 6.43. The maximum Gasteiger partial charge on any atom is 0.153 e. The molecule has 0 unspecified atom stereocenters. The highest BCUT2D eigenvalue weighted by Crippen LogP contribution is 2.35. The molecule has 2 aliphatic heterocycles. The lowest BCUT2D eigenvalue weighted by atomic mass is 10.1. The van der Waals surface area contributed by atoms with Gasteiger partial charge in [0.05, 0.1) is 5.92 Å². The molecule has 0 aliphatic carbocycles. The summed E-state index contributed by atoms with van der Waals surface area (Å²) in [6.07, 6.45) is 0. The van der Waals surface area contributed by atoms with Crippen molar-refractivity contribution >= 4 is 58.0 Å². The topological polar surface area (TPSA) is 108 Å². The van der Waals surface area contributed by atoms with Crippen LogP contribution in [0.1, 0.15) is 17.6 Å². The largest absolute Gasteiger partial charge is 0.353 e. The van der Waals surface area contributed by atoms with E-state index in [1.54, 1.807) is 0 Å². The van der Waals surface area contributed by atoms with Crippen molar-refractivity contribution < 1.29 is 0 Å². The van der Waals surface area contributed by atoms with Crippen molar-refractivity contribution in [3.8, 4) is 0 Å². The van der Waals surface area contributed by atoms with Gasteiger partial charge in [-0.1, -0.05) is 46.4 Å². The van der Waals surface area contributed by atoms with Crippen molar-refractivity contribution in [2.75, 3.05) is 68.7 Å². The fourth-order valence-corrected chi connectivity index (χ4v) is 4.41. The molecule has 4 N–H and O–H groups in total. The molecule has 2 fully saturated rings. The summed E-state index contributed by atoms with van der Waals surface area (Å²) in [5.74, 6) is 1.44. The van der Waals surface area contributed by atoms with Crippen LogP contribution in [0, 0.1) is 0 Å². The van der Waals surface area contributed by atoms with E-state index in [4.69, 9.17) is 62.1 Å². The highest BCUT2D eigenvalue weighted by molar-refractivity contribution is 6.43. The van der Waals surface area contributed by atoms with E-state index >= 15 is 0 Å². The second-order valence-electron chi connectivity index (χ2n) is 7.28. The van der Waals surface area contributed by atoms with Crippen LogP contribution in [-0.2, 0) is 0 Å². The molecule has 2 aliphatic rings. The number of hydrogen-bond donors (Lipinski definition) is 3. The summed E-state index contributed by atoms with van der Waals surface area (Å²) < 4.78 is 0. The van der Waals surface area contributed by atoms with Crippen LogP contribution in [0.5, 0.6) is 0 Å². The van der Waals surface area contributed by atoms with Gasteiger partial charge in [0, 0.05) is 58.9 Å². The van der Waals surface area contributed by atoms with E-state index in [1.165, 1.54) is 0 Å². The lowest BCUT2D eigenvalue weighted by molar-refractivity contribution is 0.579. The number of halogens is 4. The Morgan fingerprint density at radius 3 is 1.45 bits per heavy atom. The number of anilines is 2. The Balaban J connectivity index is 1.73. The van der Waals surface area contributed by atoms with Crippen molar-refractivity contribution in [3.05, 3.63) is 32.0 Å². The van der Waals surface area contributed by atoms with Gasteiger partial charge in [-0.05, 0) is 0 Å². The molecular weight excluding hydrogens is 484 g/mol. The molecule has 0 saturated carbocycles. The van der Waals surface area contributed by atoms with Gasteiger partial charge in [-0.25, -0.2) is 19.9 Å². The van der Waals surface area contributed by atoms with Gasteiger partial charge in [-0.3, -0.25) is 0 Å². The number of nitrogens with zero attached hydrogens (tertiary/aromatic N) is 6. The van der Waals surface area contributed by atoms with Crippen molar-refractivity contribution in [3.63, 3.8) is 0 Å². The number of nitrogens with two attached hydrogens (primary N) is 1. The van der Waals surface area contributed by atoms with Gasteiger partial charge >= 0.3 is 0 Å². The molecule has 0 atom stereocenters. The molecule has 4 rings (SSSR count). The average molecular weight is 507 g/mol. The van der Waals surface area contributed by atoms with Crippen LogP contribution in [0.2, 0.25) is 20.4 Å². The first-order chi connectivity index (χ1) is 15.0. The van der Waals surface area contributed by atoms with E-state index in [0.29, 0.717) is 33.3 Å². The van der Waals surface area contributed by atoms with Gasteiger partial charge in [0.25, 0.3) is 0 Å². The molecule has 0 radical (unpaired) electrons. The highest BCUT2D eigenvalue weighted by atomic mass is 35.5. The third-order valence-electron chi connectivity index (χ3n) is 5.31. The molecule has 0 aromatic carbocycles. The van der Waals surface area contributed by atoms with Crippen molar-refractivity contribution in [1.29, 1.82) is 0 Å². The Morgan fingerprint density at radius 1 is 0.710 bits per heavy atom. The predicted octanol–water partition coefficient (Wildman–Crippen LogP) is 1.79. The van der Waals surface area contributed by atoms with Crippen LogP contribution in [-0.4, -0.2) is 78.8 Å². The van der Waals surface area contributed by atoms with Crippen LogP contribution in [0.15, 0.2) is 0 Å². The van der Waals surface area contributed by atoms with Crippen LogP contribution in [0.25, 0.3) is 0 Å². The summed E-state index contributed by atoms with van der Waals surface area (Å²) in [5, 5.41) is 7.58. The number of rotatable bonds is 5. The maximum atomic E-state index is 6.43. The van der Waals surface area contributed by atoms with E-state index < -0.39 is 5.92 Å². The van der Waals surface area contributed by atoms with Crippen molar-refractivity contribution in [2.45, 2.75) is 5.92 Å². The van der Waals surface area contributed by atoms with Crippen LogP contribution in [0.3, 0.4) is 0 Å². The summed E-state index contributed by atoms with van der Waals surface area (Å²) in [7, 11) is 0. The summed E-state index contributed by atoms with van der Waals surface area (Å²) in [6.45, 7) is 6.53. The third-order valence-corrected chi connectivity index (χ3v) is 6.75. The first-order valence-electron chi connectivity index (χ1n) is 10.1. The minimum Gasteiger partial charge on any atom is -0.353 e. The lowest BCUT2D eigenvalue weighted by Crippen LogP contribution is -2.44. The first kappa shape index (κ1) is 23.0. The van der Waals surface area contributed by atoms with E-state index in [0.717, 1.165) is 52.4 Å². The SMILES string of the molecule is NCC(c1nc(Cl)c(Cl)c(N2CCNCC2)n1)c1nc(Cl)c(Cl)c(N2CCNCC2)n1. The molecule has 9 nitrogen and oxygen atoms in total. The Labute approximate surface area is 200 Å². The van der Waals surface area contributed by atoms with Gasteiger partial charge in [-0.15, -0.1) is 0 Å². The van der Waals surface area contributed by atoms with Gasteiger partial charge in [-0.2, -0.15) is 0 Å². The second-order valence-corrected chi connectivity index (χ2v) is 8.75. The molecule has 31 heavy (non-hydrogen) atoms. The van der Waals surface area contributed by atoms with Crippen molar-refractivity contribution in [1.82, 2.24) is 30.6 Å². The van der Waals surface area contributed by atoms with E-state index in [1.807, 2.05) is 0 Å². The van der Waals surface area contributed by atoms with Gasteiger partial charge in [0.15, 0.2) is 21.9 Å². The zero-order valence-corrected chi connectivity index (χ0v) is 19.7. The second kappa shape index (κ2) is 10.2. The molecular formula is C18H23Cl4N9. The van der Waals surface area contributed by atoms with Gasteiger partial charge < -0.3 is 26.2 Å². The summed E-state index contributed by atoms with van der Waals surface area (Å²) in [4.78, 5) is 22.3. The molecule has 2 aromatic heterocycles. The Kier molecular flexibility index (Phi) is 7.53. The lowest BCUT2D eigenvalue weighted by Gasteiger charge is -2.30. The summed E-state index contributed by atoms with van der Waals surface area (Å²) >= 11 is 25.6. The molecule has 4 heterocycles. The van der Waals surface area contributed by atoms with Crippen LogP contribution < -0.4 is 26.2 Å². The molecule has 2 saturated heterocycles. The average Bonchev–Trinajstić information content (AvgIpc) is 2.80. The fourth-order valence-electron chi connectivity index (χ4n) is 3.66. The van der Waals surface area contributed by atoms with Crippen LogP contribution in [0.4, 0.5) is 11.6 Å². The predicted molar refractivity (Wildman–Crippen MR) is 125 cm³/mol. The third kappa shape index (κ3) is 4.93. The van der Waals surface area contributed by atoms with Gasteiger partial charge in [0.1, 0.15) is 21.7 Å². The monoisotopic (exact) mass is 505 g/mol. The molecule has 0 spiro atoms. The van der Waals surface area contributed by atoms with E-state index in [2.05, 4.69) is 30.4 Å². The number of piperazine rings is 2. The first-order valence-corrected chi connectivity index (χ1v) is 11.6. The molecule has 0 bridgehead atoms. The van der Waals surface area contributed by atoms with E-state index in [-0.39, 0.29) is 16.9 Å².